The predicted octanol–water partition coefficient (Wildman–Crippen LogP) is 4.65. The van der Waals surface area contributed by atoms with Crippen LogP contribution in [0.4, 0.5) is 13.2 Å². The third-order valence-electron chi connectivity index (χ3n) is 3.89. The molecule has 5 nitrogen and oxygen atoms in total. The van der Waals surface area contributed by atoms with Crippen molar-refractivity contribution in [2.24, 2.45) is 11.0 Å². The molecular formula is C17H19Cl2F3N2O3. The van der Waals surface area contributed by atoms with Gasteiger partial charge in [-0.05, 0) is 37.5 Å². The number of ether oxygens (including phenoxy) is 1. The molecule has 0 bridgehead atoms. The van der Waals surface area contributed by atoms with Crippen molar-refractivity contribution in [1.29, 1.82) is 0 Å². The third-order valence-corrected chi connectivity index (χ3v) is 4.42. The molecule has 1 N–H and O–H groups in total. The molecule has 2 atom stereocenters. The van der Waals surface area contributed by atoms with Crippen LogP contribution in [-0.2, 0) is 4.79 Å². The van der Waals surface area contributed by atoms with Gasteiger partial charge in [-0.1, -0.05) is 37.0 Å². The van der Waals surface area contributed by atoms with Crippen molar-refractivity contribution in [3.63, 3.8) is 0 Å². The van der Waals surface area contributed by atoms with Crippen molar-refractivity contribution in [3.8, 4) is 5.75 Å². The number of nitrogens with zero attached hydrogens (tertiary/aromatic N) is 2. The highest BCUT2D eigenvalue weighted by atomic mass is 35.5. The zero-order valence-electron chi connectivity index (χ0n) is 14.8. The van der Waals surface area contributed by atoms with Gasteiger partial charge < -0.3 is 9.84 Å². The van der Waals surface area contributed by atoms with Crippen molar-refractivity contribution < 1.29 is 27.8 Å². The van der Waals surface area contributed by atoms with Gasteiger partial charge in [-0.25, -0.2) is 0 Å². The summed E-state index contributed by atoms with van der Waals surface area (Å²) in [6, 6.07) is 4.22. The van der Waals surface area contributed by atoms with Crippen LogP contribution in [0.1, 0.15) is 33.6 Å². The smallest absolute Gasteiger partial charge is 0.438 e. The number of hydrogen-bond donors (Lipinski definition) is 1. The molecule has 1 heterocycles. The van der Waals surface area contributed by atoms with Gasteiger partial charge in [0.1, 0.15) is 5.75 Å². The molecule has 0 aliphatic carbocycles. The van der Waals surface area contributed by atoms with Crippen LogP contribution in [0.5, 0.6) is 5.75 Å². The van der Waals surface area contributed by atoms with Crippen LogP contribution in [-0.4, -0.2) is 39.7 Å². The van der Waals surface area contributed by atoms with Crippen molar-refractivity contribution in [2.75, 3.05) is 0 Å². The lowest BCUT2D eigenvalue weighted by molar-refractivity contribution is -0.303. The van der Waals surface area contributed by atoms with Gasteiger partial charge in [0.05, 0.1) is 5.02 Å². The number of aliphatic hydroxyl groups is 1. The first kappa shape index (κ1) is 21.8. The fraction of sp³-hybridized carbons (Fsp3) is 0.529. The summed E-state index contributed by atoms with van der Waals surface area (Å²) in [6.45, 7) is 4.85. The lowest BCUT2D eigenvalue weighted by atomic mass is 9.99. The van der Waals surface area contributed by atoms with Crippen molar-refractivity contribution in [1.82, 2.24) is 5.01 Å². The molecule has 1 aromatic rings. The molecule has 10 heteroatoms. The second-order valence-corrected chi connectivity index (χ2v) is 7.58. The minimum Gasteiger partial charge on any atom is -0.479 e. The minimum absolute atomic E-state index is 0.0119. The van der Waals surface area contributed by atoms with E-state index in [2.05, 4.69) is 5.10 Å². The second-order valence-electron chi connectivity index (χ2n) is 6.74. The van der Waals surface area contributed by atoms with E-state index in [9.17, 15) is 23.1 Å². The summed E-state index contributed by atoms with van der Waals surface area (Å²) in [5.74, 6) is -1.06. The highest BCUT2D eigenvalue weighted by molar-refractivity contribution is 6.35. The number of carbonyl (C=O) groups excluding carboxylic acids is 1. The maximum Gasteiger partial charge on any atom is 0.438 e. The lowest BCUT2D eigenvalue weighted by Gasteiger charge is -2.33. The summed E-state index contributed by atoms with van der Waals surface area (Å²) >= 11 is 11.7. The first-order valence-corrected chi connectivity index (χ1v) is 8.92. The van der Waals surface area contributed by atoms with Crippen molar-refractivity contribution in [3.05, 3.63) is 28.2 Å². The van der Waals surface area contributed by atoms with Crippen molar-refractivity contribution >= 4 is 34.8 Å². The fourth-order valence-electron chi connectivity index (χ4n) is 2.64. The van der Waals surface area contributed by atoms with E-state index >= 15 is 0 Å². The molecule has 0 saturated carbocycles. The number of carbonyl (C=O) groups is 1. The molecule has 150 valence electrons. The van der Waals surface area contributed by atoms with Crippen LogP contribution in [0.2, 0.25) is 10.0 Å². The standard InChI is InChI=1S/C17H19Cl2F3N2O3/c1-9(2)6-12-8-16(26,17(20,21)22)24(23-12)15(25)10(3)27-14-5-4-11(18)7-13(14)19/h4-5,7,9-10,26H,6,8H2,1-3H3/t10-,16+/m0/s1. The number of halogens is 5. The van der Waals surface area contributed by atoms with Crippen LogP contribution < -0.4 is 4.74 Å². The van der Waals surface area contributed by atoms with E-state index in [0.717, 1.165) is 0 Å². The predicted molar refractivity (Wildman–Crippen MR) is 95.9 cm³/mol. The van der Waals surface area contributed by atoms with Gasteiger partial charge in [-0.3, -0.25) is 4.79 Å². The number of amides is 1. The molecule has 0 aromatic heterocycles. The van der Waals surface area contributed by atoms with Gasteiger partial charge in [0.25, 0.3) is 11.6 Å². The molecule has 0 spiro atoms. The Morgan fingerprint density at radius 3 is 2.52 bits per heavy atom. The zero-order valence-corrected chi connectivity index (χ0v) is 16.4. The summed E-state index contributed by atoms with van der Waals surface area (Å²) in [6.07, 6.45) is -7.03. The Balaban J connectivity index is 2.27. The number of hydrogen-bond acceptors (Lipinski definition) is 4. The molecule has 1 aliphatic rings. The average Bonchev–Trinajstić information content (AvgIpc) is 2.86. The van der Waals surface area contributed by atoms with Crippen LogP contribution in [0.3, 0.4) is 0 Å². The van der Waals surface area contributed by atoms with E-state index in [4.69, 9.17) is 27.9 Å². The maximum atomic E-state index is 13.5. The molecule has 2 rings (SSSR count). The van der Waals surface area contributed by atoms with Crippen molar-refractivity contribution in [2.45, 2.75) is 51.6 Å². The van der Waals surface area contributed by atoms with Crippen LogP contribution in [0, 0.1) is 5.92 Å². The monoisotopic (exact) mass is 426 g/mol. The van der Waals surface area contributed by atoms with E-state index in [1.807, 2.05) is 0 Å². The highest BCUT2D eigenvalue weighted by Gasteiger charge is 2.63. The zero-order chi connectivity index (χ0) is 20.6. The minimum atomic E-state index is -5.08. The first-order chi connectivity index (χ1) is 12.3. The molecule has 27 heavy (non-hydrogen) atoms. The Morgan fingerprint density at radius 1 is 1.37 bits per heavy atom. The van der Waals surface area contributed by atoms with Gasteiger partial charge in [-0.2, -0.15) is 23.3 Å². The molecule has 1 aliphatic heterocycles. The van der Waals surface area contributed by atoms with E-state index in [1.54, 1.807) is 13.8 Å². The summed E-state index contributed by atoms with van der Waals surface area (Å²) in [7, 11) is 0. The molecular weight excluding hydrogens is 408 g/mol. The Hall–Kier alpha value is -1.51. The average molecular weight is 427 g/mol. The molecule has 0 saturated heterocycles. The normalized spacial score (nSPS) is 21.4. The summed E-state index contributed by atoms with van der Waals surface area (Å²) < 4.78 is 45.8. The Morgan fingerprint density at radius 2 is 2.00 bits per heavy atom. The molecule has 0 fully saturated rings. The third kappa shape index (κ3) is 4.67. The van der Waals surface area contributed by atoms with Gasteiger partial charge in [0, 0.05) is 17.2 Å². The van der Waals surface area contributed by atoms with Crippen LogP contribution >= 0.6 is 23.2 Å². The molecule has 0 radical (unpaired) electrons. The summed E-state index contributed by atoms with van der Waals surface area (Å²) in [5.41, 5.74) is -3.31. The van der Waals surface area contributed by atoms with Gasteiger partial charge in [0.2, 0.25) is 0 Å². The number of benzene rings is 1. The van der Waals surface area contributed by atoms with E-state index in [1.165, 1.54) is 25.1 Å². The summed E-state index contributed by atoms with van der Waals surface area (Å²) in [5, 5.41) is 14.5. The van der Waals surface area contributed by atoms with Crippen LogP contribution in [0.15, 0.2) is 23.3 Å². The molecule has 1 aromatic carbocycles. The Kier molecular flexibility index (Phi) is 6.33. The number of hydrazone groups is 1. The highest BCUT2D eigenvalue weighted by Crippen LogP contribution is 2.41. The summed E-state index contributed by atoms with van der Waals surface area (Å²) in [4.78, 5) is 12.6. The maximum absolute atomic E-state index is 13.5. The SMILES string of the molecule is CC(C)CC1=NN(C(=O)[C@H](C)Oc2ccc(Cl)cc2Cl)[C@](O)(C(F)(F)F)C1. The van der Waals surface area contributed by atoms with E-state index in [-0.39, 0.29) is 33.8 Å². The quantitative estimate of drug-likeness (QED) is 0.745. The molecule has 0 unspecified atom stereocenters. The Labute approximate surface area is 164 Å². The second kappa shape index (κ2) is 7.85. The van der Waals surface area contributed by atoms with E-state index in [0.29, 0.717) is 5.02 Å². The topological polar surface area (TPSA) is 62.1 Å². The largest absolute Gasteiger partial charge is 0.479 e. The number of alkyl halides is 3. The molecule has 1 amide bonds. The van der Waals surface area contributed by atoms with E-state index < -0.39 is 30.3 Å². The van der Waals surface area contributed by atoms with Gasteiger partial charge >= 0.3 is 6.18 Å². The fourth-order valence-corrected chi connectivity index (χ4v) is 3.09. The number of rotatable bonds is 5. The van der Waals surface area contributed by atoms with Gasteiger partial charge in [-0.15, -0.1) is 0 Å². The van der Waals surface area contributed by atoms with Crippen LogP contribution in [0.25, 0.3) is 0 Å². The lowest BCUT2D eigenvalue weighted by Crippen LogP contribution is -2.58. The first-order valence-electron chi connectivity index (χ1n) is 8.16. The van der Waals surface area contributed by atoms with Gasteiger partial charge in [0.15, 0.2) is 6.10 Å². The Bertz CT molecular complexity index is 755.